The molecular formula is C16H22BrN2O3+. The Hall–Kier alpha value is -1.40. The number of methoxy groups -OCH3 is 1. The minimum Gasteiger partial charge on any atom is -0.469 e. The number of halogens is 1. The summed E-state index contributed by atoms with van der Waals surface area (Å²) in [4.78, 5) is 24.8. The van der Waals surface area contributed by atoms with E-state index in [-0.39, 0.29) is 17.8 Å². The molecule has 1 heterocycles. The summed E-state index contributed by atoms with van der Waals surface area (Å²) in [6.45, 7) is 4.07. The lowest BCUT2D eigenvalue weighted by Gasteiger charge is -2.27. The molecule has 2 N–H and O–H groups in total. The normalized spacial score (nSPS) is 21.2. The van der Waals surface area contributed by atoms with E-state index in [0.717, 1.165) is 41.7 Å². The number of aryl methyl sites for hydroxylation is 1. The number of hydrogen-bond acceptors (Lipinski definition) is 3. The number of carbonyl (C=O) groups excluding carboxylic acids is 2. The predicted octanol–water partition coefficient (Wildman–Crippen LogP) is 1.16. The second-order valence-corrected chi connectivity index (χ2v) is 6.61. The molecule has 1 aromatic rings. The molecule has 0 unspecified atom stereocenters. The van der Waals surface area contributed by atoms with Gasteiger partial charge >= 0.3 is 5.97 Å². The molecular weight excluding hydrogens is 348 g/mol. The Balaban J connectivity index is 1.82. The molecule has 1 aliphatic heterocycles. The van der Waals surface area contributed by atoms with Crippen LogP contribution >= 0.6 is 15.9 Å². The van der Waals surface area contributed by atoms with E-state index in [1.165, 1.54) is 12.0 Å². The van der Waals surface area contributed by atoms with Crippen LogP contribution in [-0.2, 0) is 14.3 Å². The molecule has 0 radical (unpaired) electrons. The maximum absolute atomic E-state index is 12.1. The van der Waals surface area contributed by atoms with Gasteiger partial charge in [-0.25, -0.2) is 0 Å². The van der Waals surface area contributed by atoms with E-state index in [1.807, 2.05) is 25.1 Å². The molecule has 5 nitrogen and oxygen atoms in total. The van der Waals surface area contributed by atoms with Crippen molar-refractivity contribution >= 4 is 33.5 Å². The van der Waals surface area contributed by atoms with E-state index < -0.39 is 0 Å². The fourth-order valence-electron chi connectivity index (χ4n) is 2.75. The minimum atomic E-state index is -0.132. The summed E-state index contributed by atoms with van der Waals surface area (Å²) in [6, 6.07) is 5.84. The van der Waals surface area contributed by atoms with E-state index in [1.54, 1.807) is 0 Å². The van der Waals surface area contributed by atoms with Crippen molar-refractivity contribution in [1.29, 1.82) is 0 Å². The van der Waals surface area contributed by atoms with Crippen LogP contribution in [0.4, 0.5) is 5.69 Å². The van der Waals surface area contributed by atoms with Gasteiger partial charge in [0.25, 0.3) is 5.91 Å². The average Bonchev–Trinajstić information content (AvgIpc) is 2.50. The second kappa shape index (κ2) is 7.74. The van der Waals surface area contributed by atoms with E-state index in [2.05, 4.69) is 21.2 Å². The van der Waals surface area contributed by atoms with Gasteiger partial charge in [-0.3, -0.25) is 9.59 Å². The molecule has 2 rings (SSSR count). The molecule has 6 heteroatoms. The van der Waals surface area contributed by atoms with E-state index >= 15 is 0 Å². The number of amides is 1. The van der Waals surface area contributed by atoms with Crippen LogP contribution in [0.15, 0.2) is 22.7 Å². The molecule has 1 fully saturated rings. The quantitative estimate of drug-likeness (QED) is 0.783. The molecule has 0 atom stereocenters. The highest BCUT2D eigenvalue weighted by atomic mass is 79.9. The van der Waals surface area contributed by atoms with Gasteiger partial charge in [0.05, 0.1) is 31.8 Å². The van der Waals surface area contributed by atoms with E-state index in [4.69, 9.17) is 4.74 Å². The number of hydrogen-bond donors (Lipinski definition) is 2. The van der Waals surface area contributed by atoms with Crippen molar-refractivity contribution in [2.45, 2.75) is 19.8 Å². The standard InChI is InChI=1S/C16H21BrN2O3/c1-11-3-4-14(13(17)9-11)18-15(20)10-19-7-5-12(6-8-19)16(21)22-2/h3-4,9,12H,5-8,10H2,1-2H3,(H,18,20)/p+1. The lowest BCUT2D eigenvalue weighted by atomic mass is 9.97. The average molecular weight is 370 g/mol. The number of benzene rings is 1. The summed E-state index contributed by atoms with van der Waals surface area (Å²) < 4.78 is 5.66. The predicted molar refractivity (Wildman–Crippen MR) is 87.8 cm³/mol. The Morgan fingerprint density at radius 1 is 1.36 bits per heavy atom. The number of ether oxygens (including phenoxy) is 1. The highest BCUT2D eigenvalue weighted by Gasteiger charge is 2.29. The minimum absolute atomic E-state index is 0.00364. The Kier molecular flexibility index (Phi) is 5.97. The van der Waals surface area contributed by atoms with Gasteiger partial charge in [-0.1, -0.05) is 6.07 Å². The van der Waals surface area contributed by atoms with Crippen molar-refractivity contribution in [2.75, 3.05) is 32.1 Å². The summed E-state index contributed by atoms with van der Waals surface area (Å²) in [7, 11) is 1.43. The Morgan fingerprint density at radius 2 is 2.05 bits per heavy atom. The SMILES string of the molecule is COC(=O)C1CC[NH+](CC(=O)Nc2ccc(C)cc2Br)CC1. The molecule has 1 aromatic carbocycles. The van der Waals surface area contributed by atoms with Gasteiger partial charge in [0.1, 0.15) is 0 Å². The summed E-state index contributed by atoms with van der Waals surface area (Å²) in [5, 5.41) is 2.93. The van der Waals surface area contributed by atoms with Crippen LogP contribution in [-0.4, -0.2) is 38.6 Å². The summed E-state index contributed by atoms with van der Waals surface area (Å²) >= 11 is 3.46. The van der Waals surface area contributed by atoms with Crippen LogP contribution in [0.5, 0.6) is 0 Å². The smallest absolute Gasteiger partial charge is 0.309 e. The largest absolute Gasteiger partial charge is 0.469 e. The molecule has 22 heavy (non-hydrogen) atoms. The van der Waals surface area contributed by atoms with Crippen molar-refractivity contribution in [3.63, 3.8) is 0 Å². The van der Waals surface area contributed by atoms with Crippen LogP contribution in [0, 0.1) is 12.8 Å². The highest BCUT2D eigenvalue weighted by molar-refractivity contribution is 9.10. The van der Waals surface area contributed by atoms with Gasteiger partial charge < -0.3 is 15.0 Å². The first-order valence-corrected chi connectivity index (χ1v) is 8.26. The third-order valence-corrected chi connectivity index (χ3v) is 4.69. The molecule has 0 saturated carbocycles. The molecule has 1 saturated heterocycles. The van der Waals surface area contributed by atoms with Gasteiger partial charge in [0.2, 0.25) is 0 Å². The first-order chi connectivity index (χ1) is 10.5. The maximum Gasteiger partial charge on any atom is 0.309 e. The summed E-state index contributed by atoms with van der Waals surface area (Å²) in [5.74, 6) is -0.147. The zero-order chi connectivity index (χ0) is 16.1. The van der Waals surface area contributed by atoms with Crippen molar-refractivity contribution in [2.24, 2.45) is 5.92 Å². The monoisotopic (exact) mass is 369 g/mol. The Morgan fingerprint density at radius 3 is 2.64 bits per heavy atom. The van der Waals surface area contributed by atoms with Crippen LogP contribution in [0.3, 0.4) is 0 Å². The van der Waals surface area contributed by atoms with Crippen molar-refractivity contribution in [3.8, 4) is 0 Å². The van der Waals surface area contributed by atoms with Gasteiger partial charge in [0.15, 0.2) is 6.54 Å². The van der Waals surface area contributed by atoms with Crippen molar-refractivity contribution in [3.05, 3.63) is 28.2 Å². The number of anilines is 1. The summed E-state index contributed by atoms with van der Waals surface area (Å²) in [6.07, 6.45) is 1.56. The molecule has 0 spiro atoms. The number of rotatable bonds is 4. The zero-order valence-corrected chi connectivity index (χ0v) is 14.5. The highest BCUT2D eigenvalue weighted by Crippen LogP contribution is 2.23. The fourth-order valence-corrected chi connectivity index (χ4v) is 3.34. The number of piperidine rings is 1. The lowest BCUT2D eigenvalue weighted by Crippen LogP contribution is -3.14. The molecule has 1 amide bonds. The van der Waals surface area contributed by atoms with E-state index in [0.29, 0.717) is 6.54 Å². The van der Waals surface area contributed by atoms with Gasteiger partial charge in [-0.15, -0.1) is 0 Å². The first kappa shape index (κ1) is 17.0. The number of quaternary nitrogens is 1. The summed E-state index contributed by atoms with van der Waals surface area (Å²) in [5.41, 5.74) is 1.93. The fraction of sp³-hybridized carbons (Fsp3) is 0.500. The first-order valence-electron chi connectivity index (χ1n) is 7.47. The van der Waals surface area contributed by atoms with Crippen LogP contribution < -0.4 is 10.2 Å². The van der Waals surface area contributed by atoms with Crippen molar-refractivity contribution in [1.82, 2.24) is 0 Å². The topological polar surface area (TPSA) is 59.8 Å². The number of nitrogens with one attached hydrogen (secondary N) is 2. The third-order valence-electron chi connectivity index (χ3n) is 4.04. The van der Waals surface area contributed by atoms with Crippen LogP contribution in [0.2, 0.25) is 0 Å². The second-order valence-electron chi connectivity index (χ2n) is 5.76. The molecule has 120 valence electrons. The number of likely N-dealkylation sites (tertiary alicyclic amines) is 1. The zero-order valence-electron chi connectivity index (χ0n) is 12.9. The molecule has 0 aromatic heterocycles. The lowest BCUT2D eigenvalue weighted by molar-refractivity contribution is -0.897. The molecule has 0 bridgehead atoms. The van der Waals surface area contributed by atoms with Gasteiger partial charge in [0, 0.05) is 17.3 Å². The van der Waals surface area contributed by atoms with E-state index in [9.17, 15) is 9.59 Å². The molecule has 1 aliphatic rings. The Bertz CT molecular complexity index is 554. The van der Waals surface area contributed by atoms with Crippen LogP contribution in [0.1, 0.15) is 18.4 Å². The van der Waals surface area contributed by atoms with Crippen LogP contribution in [0.25, 0.3) is 0 Å². The third kappa shape index (κ3) is 4.55. The number of esters is 1. The molecule has 0 aliphatic carbocycles. The van der Waals surface area contributed by atoms with Crippen molar-refractivity contribution < 1.29 is 19.2 Å². The van der Waals surface area contributed by atoms with Gasteiger partial charge in [-0.2, -0.15) is 0 Å². The maximum atomic E-state index is 12.1. The Labute approximate surface area is 139 Å². The van der Waals surface area contributed by atoms with Gasteiger partial charge in [-0.05, 0) is 40.5 Å². The number of carbonyl (C=O) groups is 2.